The summed E-state index contributed by atoms with van der Waals surface area (Å²) in [6, 6.07) is 11.2. The lowest BCUT2D eigenvalue weighted by Crippen LogP contribution is -2.41. The second-order valence-electron chi connectivity index (χ2n) is 6.59. The largest absolute Gasteiger partial charge is 0.429 e. The standard InChI is InChI=1S/C21H21NO4S/c1-2-9-21(20(22)27)18-7-5-16(25-12-23)10-14(18)3-4-15-11-17(26-13-24)6-8-19(15)21/h5-8,10-13H,2-4,9H2,1H3,(H2,22,27). The fourth-order valence-corrected chi connectivity index (χ4v) is 4.41. The molecule has 1 aliphatic rings. The van der Waals surface area contributed by atoms with Gasteiger partial charge in [0.1, 0.15) is 11.5 Å². The Bertz CT molecular complexity index is 832. The lowest BCUT2D eigenvalue weighted by atomic mass is 9.69. The summed E-state index contributed by atoms with van der Waals surface area (Å²) < 4.78 is 10.1. The van der Waals surface area contributed by atoms with Crippen molar-refractivity contribution < 1.29 is 19.1 Å². The van der Waals surface area contributed by atoms with E-state index in [4.69, 9.17) is 27.4 Å². The zero-order valence-electron chi connectivity index (χ0n) is 15.1. The average molecular weight is 383 g/mol. The molecule has 140 valence electrons. The van der Waals surface area contributed by atoms with E-state index in [9.17, 15) is 9.59 Å². The molecule has 0 aliphatic heterocycles. The number of carbonyl (C=O) groups excluding carboxylic acids is 2. The fourth-order valence-electron chi connectivity index (χ4n) is 4.09. The third-order valence-electron chi connectivity index (χ3n) is 5.15. The molecule has 3 rings (SSSR count). The lowest BCUT2D eigenvalue weighted by Gasteiger charge is -2.35. The minimum absolute atomic E-state index is 0.405. The van der Waals surface area contributed by atoms with Crippen LogP contribution >= 0.6 is 12.2 Å². The summed E-state index contributed by atoms with van der Waals surface area (Å²) in [5, 5.41) is 0. The van der Waals surface area contributed by atoms with Gasteiger partial charge in [0.2, 0.25) is 0 Å². The summed E-state index contributed by atoms with van der Waals surface area (Å²) in [4.78, 5) is 21.8. The van der Waals surface area contributed by atoms with Crippen molar-refractivity contribution in [3.63, 3.8) is 0 Å². The molecule has 5 nitrogen and oxygen atoms in total. The van der Waals surface area contributed by atoms with Crippen molar-refractivity contribution >= 4 is 30.2 Å². The van der Waals surface area contributed by atoms with Crippen LogP contribution in [0.4, 0.5) is 0 Å². The maximum absolute atomic E-state index is 10.7. The molecule has 0 amide bonds. The van der Waals surface area contributed by atoms with Gasteiger partial charge in [0.25, 0.3) is 12.9 Å². The van der Waals surface area contributed by atoms with Crippen molar-refractivity contribution in [2.45, 2.75) is 38.0 Å². The fraction of sp³-hybridized carbons (Fsp3) is 0.286. The van der Waals surface area contributed by atoms with E-state index in [1.165, 1.54) is 0 Å². The van der Waals surface area contributed by atoms with Crippen LogP contribution in [0.25, 0.3) is 0 Å². The Balaban J connectivity index is 2.26. The van der Waals surface area contributed by atoms with Gasteiger partial charge in [0.15, 0.2) is 0 Å². The Hall–Kier alpha value is -2.73. The molecule has 0 radical (unpaired) electrons. The van der Waals surface area contributed by atoms with Crippen LogP contribution in [0.3, 0.4) is 0 Å². The van der Waals surface area contributed by atoms with Crippen LogP contribution in [-0.4, -0.2) is 17.9 Å². The van der Waals surface area contributed by atoms with Gasteiger partial charge in [-0.3, -0.25) is 9.59 Å². The van der Waals surface area contributed by atoms with Crippen molar-refractivity contribution in [1.29, 1.82) is 0 Å². The third kappa shape index (κ3) is 3.32. The molecule has 0 unspecified atom stereocenters. The molecule has 2 aromatic rings. The first-order chi connectivity index (χ1) is 13.1. The minimum Gasteiger partial charge on any atom is -0.429 e. The molecule has 0 aromatic heterocycles. The molecule has 2 aromatic carbocycles. The zero-order chi connectivity index (χ0) is 19.4. The summed E-state index contributed by atoms with van der Waals surface area (Å²) >= 11 is 5.58. The smallest absolute Gasteiger partial charge is 0.298 e. The van der Waals surface area contributed by atoms with Crippen LogP contribution in [0.5, 0.6) is 11.5 Å². The normalized spacial score (nSPS) is 14.3. The van der Waals surface area contributed by atoms with Crippen LogP contribution in [0.15, 0.2) is 36.4 Å². The van der Waals surface area contributed by atoms with Crippen LogP contribution in [0, 0.1) is 0 Å². The van der Waals surface area contributed by atoms with E-state index < -0.39 is 5.41 Å². The maximum atomic E-state index is 10.7. The summed E-state index contributed by atoms with van der Waals surface area (Å²) in [7, 11) is 0. The second kappa shape index (κ2) is 7.88. The van der Waals surface area contributed by atoms with E-state index >= 15 is 0 Å². The molecule has 0 fully saturated rings. The highest BCUT2D eigenvalue weighted by Gasteiger charge is 2.41. The highest BCUT2D eigenvalue weighted by molar-refractivity contribution is 7.80. The van der Waals surface area contributed by atoms with Gasteiger partial charge in [-0.25, -0.2) is 0 Å². The van der Waals surface area contributed by atoms with E-state index in [1.54, 1.807) is 12.1 Å². The van der Waals surface area contributed by atoms with Gasteiger partial charge in [-0.05, 0) is 65.8 Å². The van der Waals surface area contributed by atoms with E-state index in [0.717, 1.165) is 47.9 Å². The van der Waals surface area contributed by atoms with Gasteiger partial charge in [-0.1, -0.05) is 37.7 Å². The van der Waals surface area contributed by atoms with E-state index in [1.807, 2.05) is 24.3 Å². The summed E-state index contributed by atoms with van der Waals surface area (Å²) in [5.41, 5.74) is 9.89. The van der Waals surface area contributed by atoms with Crippen molar-refractivity contribution in [3.05, 3.63) is 58.7 Å². The number of benzene rings is 2. The quantitative estimate of drug-likeness (QED) is 0.584. The molecule has 0 saturated heterocycles. The van der Waals surface area contributed by atoms with Crippen LogP contribution < -0.4 is 15.2 Å². The molecular formula is C21H21NO4S. The Labute approximate surface area is 163 Å². The molecule has 2 N–H and O–H groups in total. The number of nitrogens with two attached hydrogens (primary N) is 1. The number of hydrogen-bond donors (Lipinski definition) is 1. The Morgan fingerprint density at radius 2 is 1.52 bits per heavy atom. The summed E-state index contributed by atoms with van der Waals surface area (Å²) in [5.74, 6) is 0.987. The van der Waals surface area contributed by atoms with Gasteiger partial charge in [-0.15, -0.1) is 0 Å². The maximum Gasteiger partial charge on any atom is 0.298 e. The highest BCUT2D eigenvalue weighted by atomic mass is 32.1. The molecule has 0 saturated carbocycles. The number of fused-ring (bicyclic) bond motifs is 2. The Morgan fingerprint density at radius 3 is 1.89 bits per heavy atom. The number of aryl methyl sites for hydroxylation is 2. The SMILES string of the molecule is CCCC1(C(N)=S)c2ccc(OC=O)cc2CCc2cc(OC=O)ccc21. The first-order valence-corrected chi connectivity index (χ1v) is 9.25. The van der Waals surface area contributed by atoms with Crippen molar-refractivity contribution in [1.82, 2.24) is 0 Å². The van der Waals surface area contributed by atoms with Gasteiger partial charge in [0, 0.05) is 0 Å². The number of thiocarbonyl (C=S) groups is 1. The summed E-state index contributed by atoms with van der Waals surface area (Å²) in [6.07, 6.45) is 3.10. The van der Waals surface area contributed by atoms with Crippen LogP contribution in [-0.2, 0) is 27.8 Å². The highest BCUT2D eigenvalue weighted by Crippen LogP contribution is 2.45. The monoisotopic (exact) mass is 383 g/mol. The number of rotatable bonds is 7. The van der Waals surface area contributed by atoms with Crippen LogP contribution in [0.2, 0.25) is 0 Å². The summed E-state index contributed by atoms with van der Waals surface area (Å²) in [6.45, 7) is 2.93. The molecule has 0 spiro atoms. The van der Waals surface area contributed by atoms with E-state index in [2.05, 4.69) is 6.92 Å². The minimum atomic E-state index is -0.620. The number of hydrogen-bond acceptors (Lipinski definition) is 5. The van der Waals surface area contributed by atoms with Crippen LogP contribution in [0.1, 0.15) is 42.0 Å². The molecule has 1 aliphatic carbocycles. The van der Waals surface area contributed by atoms with Gasteiger partial charge in [0.05, 0.1) is 10.4 Å². The second-order valence-corrected chi connectivity index (χ2v) is 7.03. The molecule has 6 heteroatoms. The molecule has 0 atom stereocenters. The van der Waals surface area contributed by atoms with Crippen molar-refractivity contribution in [3.8, 4) is 11.5 Å². The van der Waals surface area contributed by atoms with Crippen molar-refractivity contribution in [2.75, 3.05) is 0 Å². The first-order valence-electron chi connectivity index (χ1n) is 8.84. The third-order valence-corrected chi connectivity index (χ3v) is 5.50. The van der Waals surface area contributed by atoms with E-state index in [0.29, 0.717) is 29.4 Å². The Kier molecular flexibility index (Phi) is 5.56. The molecule has 0 heterocycles. The number of carbonyl (C=O) groups is 2. The van der Waals surface area contributed by atoms with Gasteiger partial charge >= 0.3 is 0 Å². The molecule has 27 heavy (non-hydrogen) atoms. The van der Waals surface area contributed by atoms with E-state index in [-0.39, 0.29) is 0 Å². The topological polar surface area (TPSA) is 78.6 Å². The Morgan fingerprint density at radius 1 is 1.04 bits per heavy atom. The molecule has 0 bridgehead atoms. The number of ether oxygens (including phenoxy) is 2. The zero-order valence-corrected chi connectivity index (χ0v) is 15.9. The molecular weight excluding hydrogens is 362 g/mol. The first kappa shape index (κ1) is 19.0. The van der Waals surface area contributed by atoms with Gasteiger partial charge < -0.3 is 15.2 Å². The average Bonchev–Trinajstić information content (AvgIpc) is 2.78. The predicted molar refractivity (Wildman–Crippen MR) is 106 cm³/mol. The predicted octanol–water partition coefficient (Wildman–Crippen LogP) is 3.23. The van der Waals surface area contributed by atoms with Gasteiger partial charge in [-0.2, -0.15) is 0 Å². The lowest BCUT2D eigenvalue weighted by molar-refractivity contribution is -0.121. The van der Waals surface area contributed by atoms with Crippen molar-refractivity contribution in [2.24, 2.45) is 5.73 Å².